The SMILES string of the molecule is CC/C=C/C=C/C=C/C=C/CCCCCCCC(=O)O[C@H](COC(=O)CCC/C=C/C/C=C/C/C=C/C/C=C/C/C=C/CC)COP(=O)(O)OC[C@H](N)C(=O)O. The number of esters is 2. The maximum Gasteiger partial charge on any atom is 0.472 e. The van der Waals surface area contributed by atoms with E-state index in [1.807, 2.05) is 48.6 Å². The minimum atomic E-state index is -4.74. The zero-order valence-electron chi connectivity index (χ0n) is 33.7. The average molecular weight is 802 g/mol. The van der Waals surface area contributed by atoms with Crippen molar-refractivity contribution in [3.63, 3.8) is 0 Å². The highest BCUT2D eigenvalue weighted by molar-refractivity contribution is 7.47. The normalized spacial score (nSPS) is 14.9. The van der Waals surface area contributed by atoms with Crippen molar-refractivity contribution < 1.29 is 47.5 Å². The third-order valence-corrected chi connectivity index (χ3v) is 8.56. The lowest BCUT2D eigenvalue weighted by Gasteiger charge is -2.20. The van der Waals surface area contributed by atoms with Crippen LogP contribution in [-0.4, -0.2) is 59.9 Å². The van der Waals surface area contributed by atoms with Crippen LogP contribution in [0.2, 0.25) is 0 Å². The third kappa shape index (κ3) is 37.1. The van der Waals surface area contributed by atoms with Gasteiger partial charge in [0.2, 0.25) is 0 Å². The zero-order valence-corrected chi connectivity index (χ0v) is 34.6. The van der Waals surface area contributed by atoms with Crippen molar-refractivity contribution in [3.05, 3.63) is 109 Å². The Morgan fingerprint density at radius 3 is 1.66 bits per heavy atom. The molecule has 0 aliphatic carbocycles. The fourth-order valence-corrected chi connectivity index (χ4v) is 5.30. The van der Waals surface area contributed by atoms with E-state index in [9.17, 15) is 23.8 Å². The summed E-state index contributed by atoms with van der Waals surface area (Å²) in [6, 6.07) is -1.54. The molecule has 0 saturated carbocycles. The van der Waals surface area contributed by atoms with Crippen LogP contribution in [0, 0.1) is 0 Å². The predicted molar refractivity (Wildman–Crippen MR) is 226 cm³/mol. The largest absolute Gasteiger partial charge is 0.480 e. The lowest BCUT2D eigenvalue weighted by molar-refractivity contribution is -0.161. The van der Waals surface area contributed by atoms with Gasteiger partial charge in [-0.15, -0.1) is 0 Å². The zero-order chi connectivity index (χ0) is 41.4. The second kappa shape index (κ2) is 38.0. The molecule has 0 aromatic rings. The van der Waals surface area contributed by atoms with E-state index in [1.54, 1.807) is 0 Å². The van der Waals surface area contributed by atoms with Gasteiger partial charge < -0.3 is 25.2 Å². The minimum absolute atomic E-state index is 0.115. The number of unbranched alkanes of at least 4 members (excludes halogenated alkanes) is 6. The highest BCUT2D eigenvalue weighted by Gasteiger charge is 2.28. The summed E-state index contributed by atoms with van der Waals surface area (Å²) < 4.78 is 32.5. The van der Waals surface area contributed by atoms with E-state index < -0.39 is 57.7 Å². The van der Waals surface area contributed by atoms with Gasteiger partial charge in [0.05, 0.1) is 13.2 Å². The Labute approximate surface area is 336 Å². The topological polar surface area (TPSA) is 172 Å². The molecule has 0 aromatic carbocycles. The molecule has 56 heavy (non-hydrogen) atoms. The number of phosphoric ester groups is 1. The molecule has 3 atom stereocenters. The molecule has 0 fully saturated rings. The van der Waals surface area contributed by atoms with Crippen molar-refractivity contribution >= 4 is 25.7 Å². The first-order chi connectivity index (χ1) is 27.1. The number of carboxylic acids is 1. The fraction of sp³-hybridized carbons (Fsp3) is 0.523. The van der Waals surface area contributed by atoms with E-state index in [-0.39, 0.29) is 12.8 Å². The summed E-state index contributed by atoms with van der Waals surface area (Å²) in [5.74, 6) is -2.51. The van der Waals surface area contributed by atoms with Crippen molar-refractivity contribution in [2.45, 2.75) is 129 Å². The summed E-state index contributed by atoms with van der Waals surface area (Å²) in [4.78, 5) is 45.8. The number of phosphoric acid groups is 1. The Balaban J connectivity index is 4.58. The van der Waals surface area contributed by atoms with Crippen LogP contribution in [0.3, 0.4) is 0 Å². The molecule has 11 nitrogen and oxygen atoms in total. The first kappa shape index (κ1) is 52.1. The van der Waals surface area contributed by atoms with Crippen LogP contribution >= 0.6 is 7.82 Å². The van der Waals surface area contributed by atoms with E-state index in [0.29, 0.717) is 19.3 Å². The maximum atomic E-state index is 12.6. The van der Waals surface area contributed by atoms with Crippen molar-refractivity contribution in [3.8, 4) is 0 Å². The molecule has 0 amide bonds. The second-order valence-corrected chi connectivity index (χ2v) is 14.2. The lowest BCUT2D eigenvalue weighted by Crippen LogP contribution is -2.34. The molecular weight excluding hydrogens is 733 g/mol. The summed E-state index contributed by atoms with van der Waals surface area (Å²) in [7, 11) is -4.74. The van der Waals surface area contributed by atoms with Crippen molar-refractivity contribution in [2.75, 3.05) is 19.8 Å². The third-order valence-electron chi connectivity index (χ3n) is 7.61. The number of hydrogen-bond acceptors (Lipinski definition) is 9. The molecule has 0 radical (unpaired) electrons. The highest BCUT2D eigenvalue weighted by atomic mass is 31.2. The molecule has 1 unspecified atom stereocenters. The van der Waals surface area contributed by atoms with E-state index in [4.69, 9.17) is 24.8 Å². The Kier molecular flexibility index (Phi) is 35.4. The van der Waals surface area contributed by atoms with Crippen LogP contribution in [0.1, 0.15) is 117 Å². The maximum absolute atomic E-state index is 12.6. The van der Waals surface area contributed by atoms with Crippen LogP contribution in [0.25, 0.3) is 0 Å². The molecule has 0 saturated heterocycles. The van der Waals surface area contributed by atoms with Gasteiger partial charge in [-0.3, -0.25) is 23.4 Å². The highest BCUT2D eigenvalue weighted by Crippen LogP contribution is 2.43. The second-order valence-electron chi connectivity index (χ2n) is 12.7. The Morgan fingerprint density at radius 1 is 0.571 bits per heavy atom. The average Bonchev–Trinajstić information content (AvgIpc) is 3.17. The Hall–Kier alpha value is -3.86. The molecule has 0 spiro atoms. The van der Waals surface area contributed by atoms with Gasteiger partial charge in [-0.05, 0) is 70.6 Å². The van der Waals surface area contributed by atoms with E-state index in [0.717, 1.165) is 70.6 Å². The number of allylic oxidation sites excluding steroid dienone is 18. The molecule has 12 heteroatoms. The number of carboxylic acid groups (broad SMARTS) is 1. The van der Waals surface area contributed by atoms with Crippen molar-refractivity contribution in [1.82, 2.24) is 0 Å². The van der Waals surface area contributed by atoms with Gasteiger partial charge in [0.25, 0.3) is 0 Å². The summed E-state index contributed by atoms with van der Waals surface area (Å²) >= 11 is 0. The number of nitrogens with two attached hydrogens (primary N) is 1. The molecule has 0 aliphatic heterocycles. The van der Waals surface area contributed by atoms with Crippen molar-refractivity contribution in [1.29, 1.82) is 0 Å². The van der Waals surface area contributed by atoms with Crippen molar-refractivity contribution in [2.24, 2.45) is 5.73 Å². The first-order valence-electron chi connectivity index (χ1n) is 20.0. The van der Waals surface area contributed by atoms with Gasteiger partial charge in [0, 0.05) is 12.8 Å². The standard InChI is InChI=1S/C44H68NO10P/c1-3-5-7-9-11-13-15-17-19-20-22-23-25-27-29-31-33-35-42(46)52-37-40(38-53-56(50,51)54-39-41(45)44(48)49)55-43(47)36-34-32-30-28-26-24-21-18-16-14-12-10-8-6-4-2/h5-8,10-14,16-19,21-23,27,29,40-41H,3-4,9,15,20,24-26,28,30-39,45H2,1-2H3,(H,48,49)(H,50,51)/b7-5+,8-6+,12-10+,13-11+,16-14+,19-17+,21-18+,23-22+,29-27+/t40-,41+/m1/s1. The number of rotatable bonds is 35. The van der Waals surface area contributed by atoms with Crippen LogP contribution in [0.15, 0.2) is 109 Å². The monoisotopic (exact) mass is 801 g/mol. The number of aliphatic carboxylic acids is 1. The summed E-state index contributed by atoms with van der Waals surface area (Å²) in [5.41, 5.74) is 5.32. The summed E-state index contributed by atoms with van der Waals surface area (Å²) in [5, 5.41) is 8.87. The smallest absolute Gasteiger partial charge is 0.472 e. The molecular formula is C44H68NO10P. The molecule has 0 aliphatic rings. The quantitative estimate of drug-likeness (QED) is 0.0183. The van der Waals surface area contributed by atoms with Gasteiger partial charge in [-0.1, -0.05) is 142 Å². The molecule has 0 heterocycles. The van der Waals surface area contributed by atoms with Gasteiger partial charge in [0.1, 0.15) is 12.6 Å². The summed E-state index contributed by atoms with van der Waals surface area (Å²) in [6.45, 7) is 2.43. The summed E-state index contributed by atoms with van der Waals surface area (Å²) in [6.07, 6.45) is 48.8. The lowest BCUT2D eigenvalue weighted by atomic mass is 10.1. The number of hydrogen-bond donors (Lipinski definition) is 3. The van der Waals surface area contributed by atoms with Gasteiger partial charge in [0.15, 0.2) is 6.10 Å². The van der Waals surface area contributed by atoms with Gasteiger partial charge in [-0.2, -0.15) is 0 Å². The Morgan fingerprint density at radius 2 is 1.05 bits per heavy atom. The first-order valence-corrected chi connectivity index (χ1v) is 21.5. The molecule has 314 valence electrons. The van der Waals surface area contributed by atoms with E-state index in [1.165, 1.54) is 0 Å². The number of ether oxygens (including phenoxy) is 2. The van der Waals surface area contributed by atoms with Crippen LogP contribution in [0.4, 0.5) is 0 Å². The van der Waals surface area contributed by atoms with E-state index in [2.05, 4.69) is 79.1 Å². The predicted octanol–water partition coefficient (Wildman–Crippen LogP) is 10.3. The number of carbonyl (C=O) groups is 3. The van der Waals surface area contributed by atoms with Crippen LogP contribution < -0.4 is 5.73 Å². The number of carbonyl (C=O) groups excluding carboxylic acids is 2. The Bertz CT molecular complexity index is 1360. The minimum Gasteiger partial charge on any atom is -0.480 e. The molecule has 4 N–H and O–H groups in total. The molecule has 0 bridgehead atoms. The van der Waals surface area contributed by atoms with Crippen LogP contribution in [0.5, 0.6) is 0 Å². The van der Waals surface area contributed by atoms with E-state index >= 15 is 0 Å². The fourth-order valence-electron chi connectivity index (χ4n) is 4.52. The van der Waals surface area contributed by atoms with Gasteiger partial charge in [-0.25, -0.2) is 4.57 Å². The van der Waals surface area contributed by atoms with Gasteiger partial charge >= 0.3 is 25.7 Å². The molecule has 0 aromatic heterocycles. The van der Waals surface area contributed by atoms with Crippen LogP contribution in [-0.2, 0) is 37.5 Å². The molecule has 0 rings (SSSR count).